The van der Waals surface area contributed by atoms with E-state index in [0.717, 1.165) is 17.3 Å². The summed E-state index contributed by atoms with van der Waals surface area (Å²) < 4.78 is 16.7. The standard InChI is InChI=1S/C21H22ClN3O4/c1-27-19-12-16-17(13-20(19)28-2)23-11-8-18(16)29-15-6-4-14(5-7-15)25-21(26)24-10-3-9-22/h4-8,11-13H,3,9-10H2,1-2H3,(H2,24,25,26). The van der Waals surface area contributed by atoms with Crippen molar-refractivity contribution in [3.63, 3.8) is 0 Å². The maximum absolute atomic E-state index is 11.8. The number of amides is 2. The van der Waals surface area contributed by atoms with E-state index in [2.05, 4.69) is 15.6 Å². The van der Waals surface area contributed by atoms with Gasteiger partial charge in [-0.05, 0) is 42.8 Å². The number of benzene rings is 2. The van der Waals surface area contributed by atoms with Crippen molar-refractivity contribution >= 4 is 34.2 Å². The SMILES string of the molecule is COc1cc2nccc(Oc3ccc(NC(=O)NCCCCl)cc3)c2cc1OC. The Morgan fingerprint density at radius 1 is 1.03 bits per heavy atom. The summed E-state index contributed by atoms with van der Waals surface area (Å²) in [6, 6.07) is 12.2. The van der Waals surface area contributed by atoms with Crippen LogP contribution in [0.3, 0.4) is 0 Å². The van der Waals surface area contributed by atoms with Crippen LogP contribution in [0.1, 0.15) is 6.42 Å². The summed E-state index contributed by atoms with van der Waals surface area (Å²) in [6.45, 7) is 0.528. The molecule has 0 aliphatic heterocycles. The molecular formula is C21H22ClN3O4. The Hall–Kier alpha value is -3.19. The number of ether oxygens (including phenoxy) is 3. The first-order valence-corrected chi connectivity index (χ1v) is 9.57. The summed E-state index contributed by atoms with van der Waals surface area (Å²) in [7, 11) is 3.16. The third-order valence-electron chi connectivity index (χ3n) is 4.14. The summed E-state index contributed by atoms with van der Waals surface area (Å²) in [5.74, 6) is 2.96. The number of hydrogen-bond donors (Lipinski definition) is 2. The molecule has 0 atom stereocenters. The van der Waals surface area contributed by atoms with Crippen LogP contribution in [0.25, 0.3) is 10.9 Å². The van der Waals surface area contributed by atoms with Gasteiger partial charge in [-0.2, -0.15) is 0 Å². The zero-order valence-corrected chi connectivity index (χ0v) is 17.0. The number of fused-ring (bicyclic) bond motifs is 1. The molecule has 0 aliphatic rings. The van der Waals surface area contributed by atoms with Gasteiger partial charge in [0.15, 0.2) is 11.5 Å². The number of aromatic nitrogens is 1. The average molecular weight is 416 g/mol. The lowest BCUT2D eigenvalue weighted by Crippen LogP contribution is -2.29. The zero-order chi connectivity index (χ0) is 20.6. The molecule has 152 valence electrons. The predicted octanol–water partition coefficient (Wildman–Crippen LogP) is 4.79. The monoisotopic (exact) mass is 415 g/mol. The number of nitrogens with one attached hydrogen (secondary N) is 2. The summed E-state index contributed by atoms with van der Waals surface area (Å²) >= 11 is 5.59. The fraction of sp³-hybridized carbons (Fsp3) is 0.238. The van der Waals surface area contributed by atoms with Crippen molar-refractivity contribution in [2.45, 2.75) is 6.42 Å². The van der Waals surface area contributed by atoms with E-state index < -0.39 is 0 Å². The number of methoxy groups -OCH3 is 2. The smallest absolute Gasteiger partial charge is 0.319 e. The Balaban J connectivity index is 1.74. The number of pyridine rings is 1. The predicted molar refractivity (Wildman–Crippen MR) is 114 cm³/mol. The molecule has 0 saturated carbocycles. The highest BCUT2D eigenvalue weighted by atomic mass is 35.5. The molecule has 29 heavy (non-hydrogen) atoms. The quantitative estimate of drug-likeness (QED) is 0.408. The molecule has 2 N–H and O–H groups in total. The number of hydrogen-bond acceptors (Lipinski definition) is 5. The molecule has 1 aromatic heterocycles. The van der Waals surface area contributed by atoms with Gasteiger partial charge in [-0.25, -0.2) is 4.79 Å². The van der Waals surface area contributed by atoms with Crippen molar-refractivity contribution < 1.29 is 19.0 Å². The number of halogens is 1. The van der Waals surface area contributed by atoms with Crippen LogP contribution < -0.4 is 24.8 Å². The van der Waals surface area contributed by atoms with Crippen LogP contribution >= 0.6 is 11.6 Å². The summed E-state index contributed by atoms with van der Waals surface area (Å²) in [6.07, 6.45) is 2.39. The Kier molecular flexibility index (Phi) is 6.97. The molecule has 0 fully saturated rings. The molecule has 2 amide bonds. The van der Waals surface area contributed by atoms with Gasteiger partial charge in [-0.1, -0.05) is 0 Å². The van der Waals surface area contributed by atoms with Crippen molar-refractivity contribution in [3.8, 4) is 23.0 Å². The minimum absolute atomic E-state index is 0.273. The van der Waals surface area contributed by atoms with Crippen LogP contribution in [0.5, 0.6) is 23.0 Å². The van der Waals surface area contributed by atoms with Gasteiger partial charge in [-0.15, -0.1) is 11.6 Å². The van der Waals surface area contributed by atoms with Crippen molar-refractivity contribution in [2.75, 3.05) is 32.0 Å². The Morgan fingerprint density at radius 2 is 1.76 bits per heavy atom. The third-order valence-corrected chi connectivity index (χ3v) is 4.41. The van der Waals surface area contributed by atoms with Gasteiger partial charge in [0, 0.05) is 35.8 Å². The molecular weight excluding hydrogens is 394 g/mol. The van der Waals surface area contributed by atoms with E-state index in [9.17, 15) is 4.79 Å². The Bertz CT molecular complexity index is 980. The molecule has 7 nitrogen and oxygen atoms in total. The van der Waals surface area contributed by atoms with Gasteiger partial charge < -0.3 is 24.8 Å². The van der Waals surface area contributed by atoms with Crippen molar-refractivity contribution in [1.82, 2.24) is 10.3 Å². The van der Waals surface area contributed by atoms with E-state index in [1.807, 2.05) is 6.07 Å². The van der Waals surface area contributed by atoms with E-state index in [-0.39, 0.29) is 6.03 Å². The minimum Gasteiger partial charge on any atom is -0.493 e. The lowest BCUT2D eigenvalue weighted by atomic mass is 10.2. The maximum atomic E-state index is 11.8. The lowest BCUT2D eigenvalue weighted by Gasteiger charge is -2.13. The first-order valence-electron chi connectivity index (χ1n) is 9.04. The Morgan fingerprint density at radius 3 is 2.45 bits per heavy atom. The first-order chi connectivity index (χ1) is 14.1. The van der Waals surface area contributed by atoms with Gasteiger partial charge >= 0.3 is 6.03 Å². The summed E-state index contributed by atoms with van der Waals surface area (Å²) in [5, 5.41) is 6.29. The molecule has 0 unspecified atom stereocenters. The number of carbonyl (C=O) groups is 1. The van der Waals surface area contributed by atoms with Gasteiger partial charge in [-0.3, -0.25) is 4.98 Å². The minimum atomic E-state index is -0.273. The molecule has 0 spiro atoms. The maximum Gasteiger partial charge on any atom is 0.319 e. The Labute approximate surface area is 173 Å². The topological polar surface area (TPSA) is 81.7 Å². The van der Waals surface area contributed by atoms with E-state index in [1.165, 1.54) is 0 Å². The lowest BCUT2D eigenvalue weighted by molar-refractivity contribution is 0.252. The van der Waals surface area contributed by atoms with Crippen molar-refractivity contribution in [2.24, 2.45) is 0 Å². The highest BCUT2D eigenvalue weighted by Crippen LogP contribution is 2.36. The fourth-order valence-electron chi connectivity index (χ4n) is 2.71. The van der Waals surface area contributed by atoms with Crippen LogP contribution in [0.2, 0.25) is 0 Å². The second kappa shape index (κ2) is 9.84. The fourth-order valence-corrected chi connectivity index (χ4v) is 2.85. The van der Waals surface area contributed by atoms with Crippen LogP contribution in [-0.4, -0.2) is 37.7 Å². The molecule has 0 radical (unpaired) electrons. The number of carbonyl (C=O) groups excluding carboxylic acids is 1. The molecule has 1 heterocycles. The molecule has 3 rings (SSSR count). The van der Waals surface area contributed by atoms with Crippen molar-refractivity contribution in [1.29, 1.82) is 0 Å². The van der Waals surface area contributed by atoms with E-state index in [4.69, 9.17) is 25.8 Å². The number of anilines is 1. The van der Waals surface area contributed by atoms with Gasteiger partial charge in [0.05, 0.1) is 19.7 Å². The van der Waals surface area contributed by atoms with E-state index in [1.54, 1.807) is 56.8 Å². The van der Waals surface area contributed by atoms with Crippen LogP contribution in [0.15, 0.2) is 48.7 Å². The highest BCUT2D eigenvalue weighted by molar-refractivity contribution is 6.17. The van der Waals surface area contributed by atoms with Gasteiger partial charge in [0.2, 0.25) is 0 Å². The zero-order valence-electron chi connectivity index (χ0n) is 16.2. The third kappa shape index (κ3) is 5.20. The molecule has 8 heteroatoms. The number of urea groups is 1. The number of nitrogens with zero attached hydrogens (tertiary/aromatic N) is 1. The molecule has 3 aromatic rings. The van der Waals surface area contributed by atoms with Crippen molar-refractivity contribution in [3.05, 3.63) is 48.7 Å². The second-order valence-corrected chi connectivity index (χ2v) is 6.46. The number of alkyl halides is 1. The normalized spacial score (nSPS) is 10.4. The highest BCUT2D eigenvalue weighted by Gasteiger charge is 2.11. The van der Waals surface area contributed by atoms with Crippen LogP contribution in [0.4, 0.5) is 10.5 Å². The molecule has 0 saturated heterocycles. The van der Waals surface area contributed by atoms with Gasteiger partial charge in [0.1, 0.15) is 11.5 Å². The van der Waals surface area contributed by atoms with E-state index >= 15 is 0 Å². The van der Waals surface area contributed by atoms with Crippen LogP contribution in [-0.2, 0) is 0 Å². The molecule has 2 aromatic carbocycles. The van der Waals surface area contributed by atoms with E-state index in [0.29, 0.717) is 41.1 Å². The van der Waals surface area contributed by atoms with Gasteiger partial charge in [0.25, 0.3) is 0 Å². The average Bonchev–Trinajstić information content (AvgIpc) is 2.74. The largest absolute Gasteiger partial charge is 0.493 e. The molecule has 0 aliphatic carbocycles. The summed E-state index contributed by atoms with van der Waals surface area (Å²) in [4.78, 5) is 16.2. The molecule has 0 bridgehead atoms. The second-order valence-electron chi connectivity index (χ2n) is 6.08. The first kappa shape index (κ1) is 20.5. The van der Waals surface area contributed by atoms with Crippen LogP contribution in [0, 0.1) is 0 Å². The summed E-state index contributed by atoms with van der Waals surface area (Å²) in [5.41, 5.74) is 1.39. The number of rotatable bonds is 8.